The molecule has 2 amide bonds. The third-order valence-electron chi connectivity index (χ3n) is 3.72. The Morgan fingerprint density at radius 3 is 2.96 bits per heavy atom. The van der Waals surface area contributed by atoms with Crippen LogP contribution in [0.15, 0.2) is 24.3 Å². The van der Waals surface area contributed by atoms with Gasteiger partial charge >= 0.3 is 6.09 Å². The van der Waals surface area contributed by atoms with Crippen LogP contribution in [0.2, 0.25) is 0 Å². The molecule has 2 heterocycles. The van der Waals surface area contributed by atoms with E-state index < -0.39 is 11.0 Å². The van der Waals surface area contributed by atoms with Crippen molar-refractivity contribution >= 4 is 34.2 Å². The molecule has 1 aliphatic heterocycles. The smallest absolute Gasteiger partial charge is 0.413 e. The first-order valence-electron chi connectivity index (χ1n) is 7.35. The van der Waals surface area contributed by atoms with Crippen LogP contribution in [0.3, 0.4) is 0 Å². The van der Waals surface area contributed by atoms with Gasteiger partial charge in [0.1, 0.15) is 0 Å². The lowest BCUT2D eigenvalue weighted by Crippen LogP contribution is -2.35. The second-order valence-corrected chi connectivity index (χ2v) is 6.37. The summed E-state index contributed by atoms with van der Waals surface area (Å²) in [6.45, 7) is 0.799. The minimum absolute atomic E-state index is 0.120. The van der Waals surface area contributed by atoms with Crippen molar-refractivity contribution in [1.82, 2.24) is 9.88 Å². The van der Waals surface area contributed by atoms with E-state index in [1.165, 1.54) is 36.6 Å². The van der Waals surface area contributed by atoms with Crippen LogP contribution in [-0.4, -0.2) is 40.5 Å². The van der Waals surface area contributed by atoms with E-state index in [2.05, 4.69) is 15.0 Å². The third kappa shape index (κ3) is 3.58. The molecule has 0 unspecified atom stereocenters. The fraction of sp³-hybridized carbons (Fsp3) is 0.267. The number of hydrogen-bond acceptors (Lipinski definition) is 7. The van der Waals surface area contributed by atoms with Gasteiger partial charge in [0.2, 0.25) is 0 Å². The Labute approximate surface area is 146 Å². The number of carbonyl (C=O) groups is 2. The highest BCUT2D eigenvalue weighted by atomic mass is 32.1. The van der Waals surface area contributed by atoms with Gasteiger partial charge in [0, 0.05) is 35.5 Å². The predicted molar refractivity (Wildman–Crippen MR) is 89.7 cm³/mol. The molecular weight excluding hydrogens is 348 g/mol. The van der Waals surface area contributed by atoms with Gasteiger partial charge in [-0.2, -0.15) is 0 Å². The second-order valence-electron chi connectivity index (χ2n) is 5.29. The number of carbonyl (C=O) groups excluding carboxylic acids is 2. The second kappa shape index (κ2) is 6.85. The van der Waals surface area contributed by atoms with Gasteiger partial charge in [-0.15, -0.1) is 0 Å². The molecule has 0 radical (unpaired) electrons. The SMILES string of the molecule is COC(=O)Nc1nc2c(s1)CN(C(=O)c1cccc([N+](=O)[O-])c1)CC2. The number of thiazole rings is 1. The van der Waals surface area contributed by atoms with Crippen molar-refractivity contribution in [2.75, 3.05) is 19.0 Å². The summed E-state index contributed by atoms with van der Waals surface area (Å²) < 4.78 is 4.53. The van der Waals surface area contributed by atoms with Crippen molar-refractivity contribution in [3.63, 3.8) is 0 Å². The summed E-state index contributed by atoms with van der Waals surface area (Å²) in [6, 6.07) is 5.67. The topological polar surface area (TPSA) is 115 Å². The molecule has 0 aliphatic carbocycles. The summed E-state index contributed by atoms with van der Waals surface area (Å²) in [5, 5.41) is 13.8. The number of aromatic nitrogens is 1. The number of benzene rings is 1. The molecule has 1 N–H and O–H groups in total. The normalized spacial score (nSPS) is 13.1. The van der Waals surface area contributed by atoms with Crippen LogP contribution in [0.25, 0.3) is 0 Å². The minimum Gasteiger partial charge on any atom is -0.453 e. The maximum Gasteiger partial charge on any atom is 0.413 e. The number of fused-ring (bicyclic) bond motifs is 1. The van der Waals surface area contributed by atoms with E-state index in [-0.39, 0.29) is 17.2 Å². The van der Waals surface area contributed by atoms with Gasteiger partial charge in [-0.25, -0.2) is 9.78 Å². The fourth-order valence-electron chi connectivity index (χ4n) is 2.50. The number of nitro benzene ring substituents is 1. The number of ether oxygens (including phenoxy) is 1. The molecule has 10 heteroatoms. The first-order chi connectivity index (χ1) is 12.0. The Balaban J connectivity index is 1.76. The lowest BCUT2D eigenvalue weighted by atomic mass is 10.1. The zero-order valence-corrected chi connectivity index (χ0v) is 14.0. The maximum absolute atomic E-state index is 12.6. The van der Waals surface area contributed by atoms with Gasteiger partial charge in [-0.05, 0) is 6.07 Å². The van der Waals surface area contributed by atoms with Crippen LogP contribution >= 0.6 is 11.3 Å². The Morgan fingerprint density at radius 2 is 2.24 bits per heavy atom. The lowest BCUT2D eigenvalue weighted by Gasteiger charge is -2.26. The molecular formula is C15H14N4O5S. The number of nitro groups is 1. The van der Waals surface area contributed by atoms with Gasteiger partial charge in [0.05, 0.1) is 24.3 Å². The molecule has 0 saturated carbocycles. The van der Waals surface area contributed by atoms with Gasteiger partial charge in [-0.3, -0.25) is 20.2 Å². The monoisotopic (exact) mass is 362 g/mol. The van der Waals surface area contributed by atoms with E-state index >= 15 is 0 Å². The highest BCUT2D eigenvalue weighted by Crippen LogP contribution is 2.29. The van der Waals surface area contributed by atoms with E-state index in [1.807, 2.05) is 0 Å². The van der Waals surface area contributed by atoms with Crippen LogP contribution in [-0.2, 0) is 17.7 Å². The minimum atomic E-state index is -0.601. The number of hydrogen-bond donors (Lipinski definition) is 1. The Bertz CT molecular complexity index is 850. The van der Waals surface area contributed by atoms with Gasteiger partial charge in [0.15, 0.2) is 5.13 Å². The van der Waals surface area contributed by atoms with Crippen molar-refractivity contribution in [3.8, 4) is 0 Å². The summed E-state index contributed by atoms with van der Waals surface area (Å²) in [7, 11) is 1.27. The molecule has 0 atom stereocenters. The predicted octanol–water partition coefficient (Wildman–Crippen LogP) is 2.43. The van der Waals surface area contributed by atoms with E-state index in [4.69, 9.17) is 0 Å². The molecule has 3 rings (SSSR count). The zero-order valence-electron chi connectivity index (χ0n) is 13.2. The highest BCUT2D eigenvalue weighted by molar-refractivity contribution is 7.15. The highest BCUT2D eigenvalue weighted by Gasteiger charge is 2.26. The number of amides is 2. The molecule has 0 saturated heterocycles. The third-order valence-corrected chi connectivity index (χ3v) is 4.71. The molecule has 9 nitrogen and oxygen atoms in total. The molecule has 1 aromatic heterocycles. The van der Waals surface area contributed by atoms with Crippen molar-refractivity contribution in [2.24, 2.45) is 0 Å². The Hall–Kier alpha value is -3.01. The van der Waals surface area contributed by atoms with Crippen molar-refractivity contribution in [3.05, 3.63) is 50.5 Å². The molecule has 1 aliphatic rings. The number of nitrogens with zero attached hydrogens (tertiary/aromatic N) is 3. The van der Waals surface area contributed by atoms with Gasteiger partial charge < -0.3 is 9.64 Å². The molecule has 2 aromatic rings. The molecule has 0 spiro atoms. The van der Waals surface area contributed by atoms with Crippen molar-refractivity contribution in [2.45, 2.75) is 13.0 Å². The van der Waals surface area contributed by atoms with Crippen molar-refractivity contribution in [1.29, 1.82) is 0 Å². The quantitative estimate of drug-likeness (QED) is 0.662. The van der Waals surface area contributed by atoms with Gasteiger partial charge in [0.25, 0.3) is 11.6 Å². The summed E-state index contributed by atoms with van der Waals surface area (Å²) >= 11 is 1.28. The fourth-order valence-corrected chi connectivity index (χ4v) is 3.51. The molecule has 130 valence electrons. The molecule has 1 aromatic carbocycles. The largest absolute Gasteiger partial charge is 0.453 e. The summed E-state index contributed by atoms with van der Waals surface area (Å²) in [5.41, 5.74) is 0.987. The van der Waals surface area contributed by atoms with Crippen LogP contribution in [0.1, 0.15) is 20.9 Å². The summed E-state index contributed by atoms with van der Waals surface area (Å²) in [6.07, 6.45) is -0.0503. The number of rotatable bonds is 3. The molecule has 0 fully saturated rings. The van der Waals surface area contributed by atoms with E-state index in [9.17, 15) is 19.7 Å². The van der Waals surface area contributed by atoms with Crippen molar-refractivity contribution < 1.29 is 19.2 Å². The zero-order chi connectivity index (χ0) is 18.0. The Kier molecular flexibility index (Phi) is 4.61. The Morgan fingerprint density at radius 1 is 1.44 bits per heavy atom. The van der Waals surface area contributed by atoms with Crippen LogP contribution in [0.4, 0.5) is 15.6 Å². The number of anilines is 1. The standard InChI is InChI=1S/C15H14N4O5S/c1-24-15(21)17-14-16-11-5-6-18(8-12(11)25-14)13(20)9-3-2-4-10(7-9)19(22)23/h2-4,7H,5-6,8H2,1H3,(H,16,17,21). The van der Waals surface area contributed by atoms with Crippen LogP contribution < -0.4 is 5.32 Å². The van der Waals surface area contributed by atoms with E-state index in [0.717, 1.165) is 10.6 Å². The van der Waals surface area contributed by atoms with Gasteiger partial charge in [-0.1, -0.05) is 17.4 Å². The van der Waals surface area contributed by atoms with E-state index in [0.29, 0.717) is 24.6 Å². The number of methoxy groups -OCH3 is 1. The van der Waals surface area contributed by atoms with E-state index in [1.54, 1.807) is 11.0 Å². The maximum atomic E-state index is 12.6. The average Bonchev–Trinajstić information content (AvgIpc) is 3.02. The number of nitrogens with one attached hydrogen (secondary N) is 1. The van der Waals surface area contributed by atoms with Crippen LogP contribution in [0, 0.1) is 10.1 Å². The number of non-ortho nitro benzene ring substituents is 1. The first-order valence-corrected chi connectivity index (χ1v) is 8.17. The summed E-state index contributed by atoms with van der Waals surface area (Å²) in [5.74, 6) is -0.273. The summed E-state index contributed by atoms with van der Waals surface area (Å²) in [4.78, 5) is 41.0. The molecule has 25 heavy (non-hydrogen) atoms. The average molecular weight is 362 g/mol. The molecule has 0 bridgehead atoms. The van der Waals surface area contributed by atoms with Crippen LogP contribution in [0.5, 0.6) is 0 Å². The lowest BCUT2D eigenvalue weighted by molar-refractivity contribution is -0.384. The first kappa shape index (κ1) is 16.8.